The zero-order valence-corrected chi connectivity index (χ0v) is 12.1. The van der Waals surface area contributed by atoms with Crippen molar-refractivity contribution >= 4 is 27.8 Å². The van der Waals surface area contributed by atoms with Crippen LogP contribution < -0.4 is 15.8 Å². The number of aryl methyl sites for hydroxylation is 1. The number of pyridine rings is 1. The van der Waals surface area contributed by atoms with E-state index in [1.807, 2.05) is 37.3 Å². The molecule has 0 radical (unpaired) electrons. The molecule has 106 valence electrons. The van der Waals surface area contributed by atoms with Crippen molar-refractivity contribution in [3.63, 3.8) is 0 Å². The summed E-state index contributed by atoms with van der Waals surface area (Å²) in [5, 5.41) is 5.43. The summed E-state index contributed by atoms with van der Waals surface area (Å²) in [5.74, 6) is 0.881. The number of nitrogens with two attached hydrogens (primary N) is 1. The van der Waals surface area contributed by atoms with E-state index in [-0.39, 0.29) is 0 Å². The van der Waals surface area contributed by atoms with Crippen LogP contribution in [0.5, 0.6) is 5.75 Å². The predicted octanol–water partition coefficient (Wildman–Crippen LogP) is 3.88. The first-order valence-electron chi connectivity index (χ1n) is 6.73. The molecule has 0 spiro atoms. The van der Waals surface area contributed by atoms with Crippen molar-refractivity contribution in [3.8, 4) is 5.75 Å². The molecule has 0 fully saturated rings. The monoisotopic (exact) mass is 279 g/mol. The smallest absolute Gasteiger partial charge is 0.121 e. The van der Waals surface area contributed by atoms with Crippen molar-refractivity contribution in [1.82, 2.24) is 4.98 Å². The number of anilines is 3. The molecule has 4 heteroatoms. The molecule has 3 N–H and O–H groups in total. The number of rotatable bonds is 3. The number of nitrogens with one attached hydrogen (secondary N) is 1. The van der Waals surface area contributed by atoms with Gasteiger partial charge in [-0.3, -0.25) is 4.98 Å². The van der Waals surface area contributed by atoms with Crippen molar-refractivity contribution < 1.29 is 4.74 Å². The topological polar surface area (TPSA) is 60.2 Å². The second-order valence-electron chi connectivity index (χ2n) is 4.93. The summed E-state index contributed by atoms with van der Waals surface area (Å²) < 4.78 is 5.28. The van der Waals surface area contributed by atoms with Gasteiger partial charge in [0.15, 0.2) is 0 Å². The molecule has 21 heavy (non-hydrogen) atoms. The quantitative estimate of drug-likeness (QED) is 0.714. The highest BCUT2D eigenvalue weighted by Gasteiger charge is 2.05. The van der Waals surface area contributed by atoms with Crippen molar-refractivity contribution in [2.24, 2.45) is 0 Å². The van der Waals surface area contributed by atoms with E-state index in [4.69, 9.17) is 10.5 Å². The first kappa shape index (κ1) is 13.2. The Hall–Kier alpha value is -2.75. The summed E-state index contributed by atoms with van der Waals surface area (Å²) in [7, 11) is 1.68. The summed E-state index contributed by atoms with van der Waals surface area (Å²) in [6.07, 6.45) is 3.56. The third-order valence-electron chi connectivity index (χ3n) is 3.53. The molecule has 3 rings (SSSR count). The van der Waals surface area contributed by atoms with E-state index < -0.39 is 0 Å². The van der Waals surface area contributed by atoms with Crippen LogP contribution in [0, 0.1) is 6.92 Å². The van der Waals surface area contributed by atoms with Gasteiger partial charge in [-0.15, -0.1) is 0 Å². The molecular formula is C17H17N3O. The lowest BCUT2D eigenvalue weighted by Crippen LogP contribution is -1.96. The summed E-state index contributed by atoms with van der Waals surface area (Å²) in [5.41, 5.74) is 9.83. The summed E-state index contributed by atoms with van der Waals surface area (Å²) in [6.45, 7) is 2.02. The number of nitrogens with zero attached hydrogens (tertiary/aromatic N) is 1. The van der Waals surface area contributed by atoms with Gasteiger partial charge in [-0.2, -0.15) is 0 Å². The number of hydrogen-bond acceptors (Lipinski definition) is 4. The van der Waals surface area contributed by atoms with E-state index in [9.17, 15) is 0 Å². The van der Waals surface area contributed by atoms with Crippen molar-refractivity contribution in [2.45, 2.75) is 6.92 Å². The Morgan fingerprint density at radius 3 is 2.71 bits per heavy atom. The maximum Gasteiger partial charge on any atom is 0.121 e. The van der Waals surface area contributed by atoms with Crippen LogP contribution in [0.3, 0.4) is 0 Å². The highest BCUT2D eigenvalue weighted by Crippen LogP contribution is 2.31. The Morgan fingerprint density at radius 2 is 1.95 bits per heavy atom. The lowest BCUT2D eigenvalue weighted by atomic mass is 10.1. The van der Waals surface area contributed by atoms with Gasteiger partial charge in [0.2, 0.25) is 0 Å². The fraction of sp³-hybridized carbons (Fsp3) is 0.118. The number of methoxy groups -OCH3 is 1. The second-order valence-corrected chi connectivity index (χ2v) is 4.93. The fourth-order valence-corrected chi connectivity index (χ4v) is 2.43. The van der Waals surface area contributed by atoms with E-state index in [1.165, 1.54) is 0 Å². The molecule has 2 aromatic carbocycles. The van der Waals surface area contributed by atoms with Crippen molar-refractivity contribution in [2.75, 3.05) is 18.2 Å². The van der Waals surface area contributed by atoms with Gasteiger partial charge in [0.05, 0.1) is 7.11 Å². The number of fused-ring (bicyclic) bond motifs is 1. The average Bonchev–Trinajstić information content (AvgIpc) is 2.51. The third-order valence-corrected chi connectivity index (χ3v) is 3.53. The number of hydrogen-bond donors (Lipinski definition) is 2. The lowest BCUT2D eigenvalue weighted by molar-refractivity contribution is 0.412. The molecule has 1 heterocycles. The Labute approximate surface area is 123 Å². The summed E-state index contributed by atoms with van der Waals surface area (Å²) in [6, 6.07) is 11.8. The van der Waals surface area contributed by atoms with Crippen LogP contribution in [-0.4, -0.2) is 12.1 Å². The van der Waals surface area contributed by atoms with Crippen molar-refractivity contribution in [1.29, 1.82) is 0 Å². The molecule has 4 nitrogen and oxygen atoms in total. The molecule has 0 amide bonds. The molecule has 0 unspecified atom stereocenters. The van der Waals surface area contributed by atoms with Crippen molar-refractivity contribution in [3.05, 3.63) is 54.4 Å². The Morgan fingerprint density at radius 1 is 1.10 bits per heavy atom. The molecule has 0 bridgehead atoms. The minimum absolute atomic E-state index is 0.731. The van der Waals surface area contributed by atoms with Gasteiger partial charge in [-0.25, -0.2) is 0 Å². The second kappa shape index (κ2) is 5.32. The largest absolute Gasteiger partial charge is 0.496 e. The molecule has 0 aliphatic carbocycles. The van der Waals surface area contributed by atoms with Gasteiger partial charge in [0.1, 0.15) is 5.75 Å². The van der Waals surface area contributed by atoms with Gasteiger partial charge in [0, 0.05) is 40.2 Å². The minimum Gasteiger partial charge on any atom is -0.496 e. The molecule has 0 saturated heterocycles. The molecular weight excluding hydrogens is 262 g/mol. The van der Waals surface area contributed by atoms with Crippen LogP contribution in [-0.2, 0) is 0 Å². The maximum atomic E-state index is 6.00. The van der Waals surface area contributed by atoms with Crippen LogP contribution in [0.15, 0.2) is 48.8 Å². The zero-order chi connectivity index (χ0) is 14.8. The van der Waals surface area contributed by atoms with Gasteiger partial charge < -0.3 is 15.8 Å². The van der Waals surface area contributed by atoms with E-state index in [0.29, 0.717) is 0 Å². The predicted molar refractivity (Wildman–Crippen MR) is 87.2 cm³/mol. The van der Waals surface area contributed by atoms with E-state index in [1.54, 1.807) is 19.5 Å². The summed E-state index contributed by atoms with van der Waals surface area (Å²) >= 11 is 0. The average molecular weight is 279 g/mol. The van der Waals surface area contributed by atoms with Crippen LogP contribution in [0.25, 0.3) is 10.8 Å². The van der Waals surface area contributed by atoms with Crippen LogP contribution in [0.2, 0.25) is 0 Å². The first-order chi connectivity index (χ1) is 10.2. The van der Waals surface area contributed by atoms with Gasteiger partial charge >= 0.3 is 0 Å². The number of ether oxygens (including phenoxy) is 1. The maximum absolute atomic E-state index is 6.00. The highest BCUT2D eigenvalue weighted by molar-refractivity contribution is 6.01. The molecule has 0 aliphatic heterocycles. The molecule has 3 aromatic rings. The molecule has 0 aliphatic rings. The van der Waals surface area contributed by atoms with E-state index in [0.717, 1.165) is 39.1 Å². The normalized spacial score (nSPS) is 10.6. The number of benzene rings is 2. The standard InChI is InChI=1S/C17H17N3O/c1-11-9-12(3-6-17(11)21-2)20-16-5-4-15(18)14-10-19-8-7-13(14)16/h3-10,20H,18H2,1-2H3. The first-order valence-corrected chi connectivity index (χ1v) is 6.73. The molecule has 0 atom stereocenters. The third kappa shape index (κ3) is 2.48. The number of nitrogen functional groups attached to an aromatic ring is 1. The minimum atomic E-state index is 0.731. The van der Waals surface area contributed by atoms with Crippen LogP contribution in [0.4, 0.5) is 17.1 Å². The van der Waals surface area contributed by atoms with Crippen LogP contribution >= 0.6 is 0 Å². The molecule has 1 aromatic heterocycles. The van der Waals surface area contributed by atoms with Crippen LogP contribution in [0.1, 0.15) is 5.56 Å². The Balaban J connectivity index is 2.02. The van der Waals surface area contributed by atoms with Gasteiger partial charge in [-0.1, -0.05) is 0 Å². The van der Waals surface area contributed by atoms with E-state index in [2.05, 4.69) is 16.4 Å². The lowest BCUT2D eigenvalue weighted by Gasteiger charge is -2.13. The van der Waals surface area contributed by atoms with Gasteiger partial charge in [-0.05, 0) is 48.9 Å². The Bertz CT molecular complexity index is 799. The zero-order valence-electron chi connectivity index (χ0n) is 12.1. The van der Waals surface area contributed by atoms with Gasteiger partial charge in [0.25, 0.3) is 0 Å². The number of aromatic nitrogens is 1. The fourth-order valence-electron chi connectivity index (χ4n) is 2.43. The summed E-state index contributed by atoms with van der Waals surface area (Å²) in [4.78, 5) is 4.13. The molecule has 0 saturated carbocycles. The van der Waals surface area contributed by atoms with E-state index >= 15 is 0 Å². The highest BCUT2D eigenvalue weighted by atomic mass is 16.5. The SMILES string of the molecule is COc1ccc(Nc2ccc(N)c3cnccc23)cc1C. The Kier molecular flexibility index (Phi) is 3.36.